The Kier molecular flexibility index (Phi) is 7.03. The summed E-state index contributed by atoms with van der Waals surface area (Å²) in [5.41, 5.74) is 9.34. The van der Waals surface area contributed by atoms with Gasteiger partial charge in [-0.05, 0) is 53.1 Å². The first kappa shape index (κ1) is 22.8. The number of carbonyl (C=O) groups is 1. The number of carbonyl (C=O) groups excluding carboxylic acids is 1. The van der Waals surface area contributed by atoms with Gasteiger partial charge in [0.1, 0.15) is 0 Å². The molecule has 12 nitrogen and oxygen atoms in total. The number of hydrogen-bond acceptors (Lipinski definition) is 11. The summed E-state index contributed by atoms with van der Waals surface area (Å²) in [6.45, 7) is 2.21. The highest BCUT2D eigenvalue weighted by molar-refractivity contribution is 7.98. The number of nitrogens with one attached hydrogen (secondary N) is 1. The van der Waals surface area contributed by atoms with Gasteiger partial charge in [0.2, 0.25) is 11.6 Å². The molecule has 4 rings (SSSR count). The van der Waals surface area contributed by atoms with E-state index >= 15 is 0 Å². The number of hydrazone groups is 1. The van der Waals surface area contributed by atoms with E-state index in [1.165, 1.54) is 28.7 Å². The zero-order valence-electron chi connectivity index (χ0n) is 18.0. The number of amides is 1. The van der Waals surface area contributed by atoms with Crippen LogP contribution in [-0.4, -0.2) is 49.1 Å². The molecule has 0 spiro atoms. The average Bonchev–Trinajstić information content (AvgIpc) is 3.46. The van der Waals surface area contributed by atoms with Crippen LogP contribution in [0.4, 0.5) is 5.82 Å². The number of phenols is 1. The number of benzene rings is 2. The fourth-order valence-corrected chi connectivity index (χ4v) is 3.80. The molecule has 0 fully saturated rings. The normalized spacial score (nSPS) is 11.1. The first-order chi connectivity index (χ1) is 16.6. The molecule has 2 aromatic carbocycles. The monoisotopic (exact) mass is 480 g/mol. The molecule has 13 heteroatoms. The smallest absolute Gasteiger partial charge is 0.293 e. The maximum absolute atomic E-state index is 12.9. The number of aromatic nitrogens is 5. The van der Waals surface area contributed by atoms with Crippen molar-refractivity contribution in [3.05, 3.63) is 65.5 Å². The lowest BCUT2D eigenvalue weighted by Crippen LogP contribution is -2.20. The largest absolute Gasteiger partial charge is 0.504 e. The summed E-state index contributed by atoms with van der Waals surface area (Å²) in [5, 5.41) is 29.1. The zero-order valence-corrected chi connectivity index (χ0v) is 18.8. The molecule has 0 aliphatic heterocycles. The van der Waals surface area contributed by atoms with Crippen molar-refractivity contribution in [2.75, 3.05) is 12.3 Å². The number of anilines is 1. The van der Waals surface area contributed by atoms with Crippen molar-refractivity contribution >= 4 is 29.7 Å². The summed E-state index contributed by atoms with van der Waals surface area (Å²) in [5.74, 6) is 0.238. The Morgan fingerprint density at radius 2 is 2.12 bits per heavy atom. The first-order valence-corrected chi connectivity index (χ1v) is 11.1. The lowest BCUT2D eigenvalue weighted by molar-refractivity contribution is 0.0949. The Morgan fingerprint density at radius 1 is 1.29 bits per heavy atom. The highest BCUT2D eigenvalue weighted by Gasteiger charge is 2.24. The van der Waals surface area contributed by atoms with E-state index in [1.54, 1.807) is 12.1 Å². The molecular weight excluding hydrogens is 460 g/mol. The number of rotatable bonds is 9. The van der Waals surface area contributed by atoms with E-state index in [2.05, 4.69) is 35.8 Å². The van der Waals surface area contributed by atoms with Gasteiger partial charge >= 0.3 is 0 Å². The van der Waals surface area contributed by atoms with Crippen LogP contribution in [0.3, 0.4) is 0 Å². The van der Waals surface area contributed by atoms with E-state index in [9.17, 15) is 9.90 Å². The van der Waals surface area contributed by atoms with Crippen LogP contribution in [0, 0.1) is 0 Å². The quantitative estimate of drug-likeness (QED) is 0.184. The maximum atomic E-state index is 12.9. The molecule has 174 valence electrons. The molecule has 0 saturated heterocycles. The van der Waals surface area contributed by atoms with E-state index in [4.69, 9.17) is 10.5 Å². The number of aromatic hydroxyl groups is 1. The van der Waals surface area contributed by atoms with Crippen LogP contribution >= 0.6 is 11.8 Å². The third-order valence-electron chi connectivity index (χ3n) is 4.46. The molecule has 4 aromatic rings. The Labute approximate surface area is 197 Å². The van der Waals surface area contributed by atoms with Gasteiger partial charge in [0, 0.05) is 10.6 Å². The van der Waals surface area contributed by atoms with Crippen LogP contribution < -0.4 is 15.9 Å². The Bertz CT molecular complexity index is 1310. The molecule has 0 radical (unpaired) electrons. The molecule has 1 amide bonds. The van der Waals surface area contributed by atoms with Crippen molar-refractivity contribution in [2.45, 2.75) is 17.6 Å². The van der Waals surface area contributed by atoms with Gasteiger partial charge in [0.15, 0.2) is 17.2 Å². The number of hydrogen-bond donors (Lipinski definition) is 3. The fraction of sp³-hybridized carbons (Fsp3) is 0.143. The number of thioether (sulfide) groups is 1. The second kappa shape index (κ2) is 10.5. The lowest BCUT2D eigenvalue weighted by Gasteiger charge is -2.06. The van der Waals surface area contributed by atoms with Gasteiger partial charge in [-0.15, -0.1) is 16.9 Å². The Balaban J connectivity index is 1.55. The summed E-state index contributed by atoms with van der Waals surface area (Å²) < 4.78 is 11.3. The first-order valence-electron chi connectivity index (χ1n) is 10.1. The van der Waals surface area contributed by atoms with E-state index in [-0.39, 0.29) is 23.1 Å². The van der Waals surface area contributed by atoms with Gasteiger partial charge in [-0.2, -0.15) is 9.78 Å². The van der Waals surface area contributed by atoms with Gasteiger partial charge in [0.25, 0.3) is 5.91 Å². The fourth-order valence-electron chi connectivity index (χ4n) is 2.88. The summed E-state index contributed by atoms with van der Waals surface area (Å²) in [6, 6.07) is 14.4. The van der Waals surface area contributed by atoms with Gasteiger partial charge in [-0.1, -0.05) is 23.4 Å². The van der Waals surface area contributed by atoms with Crippen LogP contribution in [-0.2, 0) is 5.75 Å². The molecule has 0 unspecified atom stereocenters. The van der Waals surface area contributed by atoms with Gasteiger partial charge in [-0.3, -0.25) is 4.79 Å². The van der Waals surface area contributed by atoms with E-state index in [0.717, 1.165) is 4.90 Å². The molecular formula is C21H20N8O4S. The third-order valence-corrected chi connectivity index (χ3v) is 5.48. The van der Waals surface area contributed by atoms with Gasteiger partial charge in [-0.25, -0.2) is 10.1 Å². The highest BCUT2D eigenvalue weighted by atomic mass is 32.2. The second-order valence-electron chi connectivity index (χ2n) is 6.73. The van der Waals surface area contributed by atoms with Gasteiger partial charge in [0.05, 0.1) is 18.5 Å². The number of phenolic OH excluding ortho intramolecular Hbond substituents is 1. The standard InChI is InChI=1S/C21H20N8O4S/c1-2-32-17-10-13(8-9-16(17)30)11-23-25-21(31)18-15(12-34-14-6-4-3-5-7-14)29(28-24-18)20-19(22)26-33-27-20/h3-11,30H,2,12H2,1H3,(H2,22,26)(H,25,31). The summed E-state index contributed by atoms with van der Waals surface area (Å²) >= 11 is 1.48. The van der Waals surface area contributed by atoms with Crippen LogP contribution in [0.5, 0.6) is 11.5 Å². The predicted octanol–water partition coefficient (Wildman–Crippen LogP) is 2.39. The zero-order chi connectivity index (χ0) is 23.9. The predicted molar refractivity (Wildman–Crippen MR) is 124 cm³/mol. The van der Waals surface area contributed by atoms with Crippen molar-refractivity contribution in [2.24, 2.45) is 5.10 Å². The van der Waals surface area contributed by atoms with Crippen molar-refractivity contribution < 1.29 is 19.3 Å². The lowest BCUT2D eigenvalue weighted by atomic mass is 10.2. The molecule has 2 aromatic heterocycles. The SMILES string of the molecule is CCOc1cc(C=NNC(=O)c2nnn(-c3nonc3N)c2CSc2ccccc2)ccc1O. The van der Waals surface area contributed by atoms with Crippen molar-refractivity contribution in [1.82, 2.24) is 30.7 Å². The molecule has 0 aliphatic rings. The Morgan fingerprint density at radius 3 is 2.85 bits per heavy atom. The minimum Gasteiger partial charge on any atom is -0.504 e. The van der Waals surface area contributed by atoms with E-state index < -0.39 is 5.91 Å². The Hall–Kier alpha value is -4.39. The number of nitrogens with two attached hydrogens (primary N) is 1. The summed E-state index contributed by atoms with van der Waals surface area (Å²) in [7, 11) is 0. The topological polar surface area (TPSA) is 167 Å². The number of ether oxygens (including phenoxy) is 1. The van der Waals surface area contributed by atoms with Crippen LogP contribution in [0.2, 0.25) is 0 Å². The molecule has 34 heavy (non-hydrogen) atoms. The average molecular weight is 481 g/mol. The molecule has 4 N–H and O–H groups in total. The van der Waals surface area contributed by atoms with E-state index in [0.29, 0.717) is 29.4 Å². The van der Waals surface area contributed by atoms with Crippen molar-refractivity contribution in [3.8, 4) is 17.3 Å². The van der Waals surface area contributed by atoms with Crippen molar-refractivity contribution in [1.29, 1.82) is 0 Å². The minimum atomic E-state index is -0.579. The number of nitrogens with zero attached hydrogens (tertiary/aromatic N) is 6. The third kappa shape index (κ3) is 5.15. The molecule has 2 heterocycles. The molecule has 0 aliphatic carbocycles. The van der Waals surface area contributed by atoms with Crippen LogP contribution in [0.25, 0.3) is 5.82 Å². The van der Waals surface area contributed by atoms with E-state index in [1.807, 2.05) is 37.3 Å². The highest BCUT2D eigenvalue weighted by Crippen LogP contribution is 2.27. The molecule has 0 bridgehead atoms. The maximum Gasteiger partial charge on any atom is 0.293 e. The molecule has 0 saturated carbocycles. The minimum absolute atomic E-state index is 0.0123. The molecule has 0 atom stereocenters. The van der Waals surface area contributed by atoms with Crippen molar-refractivity contribution in [3.63, 3.8) is 0 Å². The summed E-state index contributed by atoms with van der Waals surface area (Å²) in [4.78, 5) is 13.8. The summed E-state index contributed by atoms with van der Waals surface area (Å²) in [6.07, 6.45) is 1.42. The van der Waals surface area contributed by atoms with Gasteiger partial charge < -0.3 is 15.6 Å². The number of nitrogen functional groups attached to an aromatic ring is 1. The van der Waals surface area contributed by atoms with Crippen LogP contribution in [0.1, 0.15) is 28.7 Å². The second-order valence-corrected chi connectivity index (χ2v) is 7.78. The van der Waals surface area contributed by atoms with Crippen LogP contribution in [0.15, 0.2) is 63.2 Å².